The summed E-state index contributed by atoms with van der Waals surface area (Å²) in [5.41, 5.74) is 8.87. The number of carboxylic acid groups (broad SMARTS) is 1. The van der Waals surface area contributed by atoms with Crippen LogP contribution in [0.1, 0.15) is 22.5 Å². The SMILES string of the molecule is NCCCc1c(C(=O)O)[nH]c2ccc(-c3cccc(F)c3)cc12. The zero-order valence-corrected chi connectivity index (χ0v) is 12.5. The Morgan fingerprint density at radius 1 is 1.17 bits per heavy atom. The number of hydrogen-bond donors (Lipinski definition) is 3. The zero-order chi connectivity index (χ0) is 16.4. The third-order valence-electron chi connectivity index (χ3n) is 3.91. The van der Waals surface area contributed by atoms with Crippen LogP contribution < -0.4 is 5.73 Å². The Labute approximate surface area is 132 Å². The Morgan fingerprint density at radius 2 is 1.96 bits per heavy atom. The number of carbonyl (C=O) groups is 1. The molecule has 0 saturated heterocycles. The van der Waals surface area contributed by atoms with E-state index in [0.717, 1.165) is 27.6 Å². The maximum Gasteiger partial charge on any atom is 0.352 e. The van der Waals surface area contributed by atoms with Crippen molar-refractivity contribution < 1.29 is 14.3 Å². The molecule has 0 atom stereocenters. The molecule has 1 heterocycles. The van der Waals surface area contributed by atoms with Crippen LogP contribution >= 0.6 is 0 Å². The van der Waals surface area contributed by atoms with Crippen LogP contribution in [0.2, 0.25) is 0 Å². The number of aromatic nitrogens is 1. The molecule has 3 aromatic rings. The maximum atomic E-state index is 13.4. The van der Waals surface area contributed by atoms with Crippen LogP contribution in [0, 0.1) is 5.82 Å². The minimum atomic E-state index is -0.986. The van der Waals surface area contributed by atoms with E-state index >= 15 is 0 Å². The Bertz CT molecular complexity index is 871. The first-order valence-electron chi connectivity index (χ1n) is 7.44. The van der Waals surface area contributed by atoms with Crippen molar-refractivity contribution in [3.8, 4) is 11.1 Å². The molecule has 0 unspecified atom stereocenters. The summed E-state index contributed by atoms with van der Waals surface area (Å²) < 4.78 is 13.4. The fraction of sp³-hybridized carbons (Fsp3) is 0.167. The number of aromatic amines is 1. The summed E-state index contributed by atoms with van der Waals surface area (Å²) in [5, 5.41) is 10.2. The molecule has 3 rings (SSSR count). The van der Waals surface area contributed by atoms with Gasteiger partial charge in [0.05, 0.1) is 0 Å². The monoisotopic (exact) mass is 312 g/mol. The highest BCUT2D eigenvalue weighted by atomic mass is 19.1. The molecule has 4 N–H and O–H groups in total. The Balaban J connectivity index is 2.15. The molecule has 0 saturated carbocycles. The lowest BCUT2D eigenvalue weighted by molar-refractivity contribution is 0.0690. The highest BCUT2D eigenvalue weighted by molar-refractivity contribution is 5.98. The molecule has 0 amide bonds. The average molecular weight is 312 g/mol. The van der Waals surface area contributed by atoms with Crippen molar-refractivity contribution in [2.45, 2.75) is 12.8 Å². The van der Waals surface area contributed by atoms with Crippen LogP contribution in [-0.2, 0) is 6.42 Å². The van der Waals surface area contributed by atoms with E-state index in [2.05, 4.69) is 4.98 Å². The number of H-pyrrole nitrogens is 1. The summed E-state index contributed by atoms with van der Waals surface area (Å²) in [6.45, 7) is 0.495. The van der Waals surface area contributed by atoms with Crippen molar-refractivity contribution in [2.75, 3.05) is 6.54 Å². The summed E-state index contributed by atoms with van der Waals surface area (Å²) >= 11 is 0. The van der Waals surface area contributed by atoms with E-state index in [4.69, 9.17) is 5.73 Å². The number of nitrogens with one attached hydrogen (secondary N) is 1. The quantitative estimate of drug-likeness (QED) is 0.674. The molecule has 0 aliphatic carbocycles. The second kappa shape index (κ2) is 6.22. The first-order valence-corrected chi connectivity index (χ1v) is 7.44. The highest BCUT2D eigenvalue weighted by Gasteiger charge is 2.17. The second-order valence-electron chi connectivity index (χ2n) is 5.45. The summed E-state index contributed by atoms with van der Waals surface area (Å²) in [7, 11) is 0. The number of halogens is 1. The lowest BCUT2D eigenvalue weighted by atomic mass is 10.00. The van der Waals surface area contributed by atoms with E-state index in [9.17, 15) is 14.3 Å². The van der Waals surface area contributed by atoms with Crippen LogP contribution in [0.25, 0.3) is 22.0 Å². The molecule has 0 radical (unpaired) electrons. The van der Waals surface area contributed by atoms with Crippen molar-refractivity contribution in [3.63, 3.8) is 0 Å². The molecule has 5 heteroatoms. The van der Waals surface area contributed by atoms with E-state index in [0.29, 0.717) is 19.4 Å². The number of benzene rings is 2. The smallest absolute Gasteiger partial charge is 0.352 e. The summed E-state index contributed by atoms with van der Waals surface area (Å²) in [5.74, 6) is -1.29. The van der Waals surface area contributed by atoms with Gasteiger partial charge in [0.2, 0.25) is 0 Å². The van der Waals surface area contributed by atoms with E-state index < -0.39 is 5.97 Å². The van der Waals surface area contributed by atoms with Gasteiger partial charge in [0, 0.05) is 10.9 Å². The van der Waals surface area contributed by atoms with Gasteiger partial charge in [-0.25, -0.2) is 9.18 Å². The summed E-state index contributed by atoms with van der Waals surface area (Å²) in [6.07, 6.45) is 1.29. The fourth-order valence-electron chi connectivity index (χ4n) is 2.82. The van der Waals surface area contributed by atoms with Gasteiger partial charge in [-0.05, 0) is 60.3 Å². The van der Waals surface area contributed by atoms with Gasteiger partial charge in [-0.2, -0.15) is 0 Å². The van der Waals surface area contributed by atoms with Crippen LogP contribution in [-0.4, -0.2) is 22.6 Å². The molecule has 0 aliphatic heterocycles. The Hall–Kier alpha value is -2.66. The molecule has 0 bridgehead atoms. The molecule has 0 fully saturated rings. The number of rotatable bonds is 5. The van der Waals surface area contributed by atoms with Crippen molar-refractivity contribution in [1.82, 2.24) is 4.98 Å². The maximum absolute atomic E-state index is 13.4. The van der Waals surface area contributed by atoms with Crippen LogP contribution in [0.3, 0.4) is 0 Å². The Morgan fingerprint density at radius 3 is 2.65 bits per heavy atom. The lowest BCUT2D eigenvalue weighted by Gasteiger charge is -2.04. The summed E-state index contributed by atoms with van der Waals surface area (Å²) in [4.78, 5) is 14.4. The molecular formula is C18H17FN2O2. The second-order valence-corrected chi connectivity index (χ2v) is 5.45. The van der Waals surface area contributed by atoms with Gasteiger partial charge >= 0.3 is 5.97 Å². The number of hydrogen-bond acceptors (Lipinski definition) is 2. The van der Waals surface area contributed by atoms with Crippen molar-refractivity contribution in [1.29, 1.82) is 0 Å². The lowest BCUT2D eigenvalue weighted by Crippen LogP contribution is -2.05. The van der Waals surface area contributed by atoms with Crippen molar-refractivity contribution in [3.05, 3.63) is 59.5 Å². The van der Waals surface area contributed by atoms with Gasteiger partial charge < -0.3 is 15.8 Å². The standard InChI is InChI=1S/C18H17FN2O2/c19-13-4-1-3-11(9-13)12-6-7-16-15(10-12)14(5-2-8-20)17(21-16)18(22)23/h1,3-4,6-7,9-10,21H,2,5,8,20H2,(H,22,23). The predicted octanol–water partition coefficient (Wildman–Crippen LogP) is 3.56. The molecule has 4 nitrogen and oxygen atoms in total. The minimum Gasteiger partial charge on any atom is -0.477 e. The van der Waals surface area contributed by atoms with Crippen LogP contribution in [0.5, 0.6) is 0 Å². The zero-order valence-electron chi connectivity index (χ0n) is 12.5. The number of aromatic carboxylic acids is 1. The minimum absolute atomic E-state index is 0.199. The topological polar surface area (TPSA) is 79.1 Å². The third-order valence-corrected chi connectivity index (χ3v) is 3.91. The van der Waals surface area contributed by atoms with E-state index in [-0.39, 0.29) is 11.5 Å². The first kappa shape index (κ1) is 15.2. The normalized spacial score (nSPS) is 11.0. The molecule has 0 spiro atoms. The number of carboxylic acids is 1. The highest BCUT2D eigenvalue weighted by Crippen LogP contribution is 2.29. The molecule has 23 heavy (non-hydrogen) atoms. The molecule has 1 aromatic heterocycles. The average Bonchev–Trinajstić information content (AvgIpc) is 2.91. The molecule has 2 aromatic carbocycles. The van der Waals surface area contributed by atoms with E-state index in [1.54, 1.807) is 6.07 Å². The van der Waals surface area contributed by atoms with Gasteiger partial charge in [0.25, 0.3) is 0 Å². The van der Waals surface area contributed by atoms with E-state index in [1.165, 1.54) is 12.1 Å². The fourth-order valence-corrected chi connectivity index (χ4v) is 2.82. The number of fused-ring (bicyclic) bond motifs is 1. The largest absolute Gasteiger partial charge is 0.477 e. The molecular weight excluding hydrogens is 295 g/mol. The number of aryl methyl sites for hydroxylation is 1. The molecule has 118 valence electrons. The Kier molecular flexibility index (Phi) is 4.12. The van der Waals surface area contributed by atoms with Gasteiger partial charge in [-0.15, -0.1) is 0 Å². The third kappa shape index (κ3) is 2.96. The summed E-state index contributed by atoms with van der Waals surface area (Å²) in [6, 6.07) is 11.9. The van der Waals surface area contributed by atoms with Gasteiger partial charge in [0.15, 0.2) is 0 Å². The van der Waals surface area contributed by atoms with Crippen LogP contribution in [0.15, 0.2) is 42.5 Å². The number of nitrogens with two attached hydrogens (primary N) is 1. The van der Waals surface area contributed by atoms with Gasteiger partial charge in [-0.1, -0.05) is 18.2 Å². The van der Waals surface area contributed by atoms with Crippen LogP contribution in [0.4, 0.5) is 4.39 Å². The van der Waals surface area contributed by atoms with Gasteiger partial charge in [-0.3, -0.25) is 0 Å². The predicted molar refractivity (Wildman–Crippen MR) is 88.0 cm³/mol. The van der Waals surface area contributed by atoms with Crippen molar-refractivity contribution in [2.24, 2.45) is 5.73 Å². The van der Waals surface area contributed by atoms with Gasteiger partial charge in [0.1, 0.15) is 11.5 Å². The first-order chi connectivity index (χ1) is 11.1. The van der Waals surface area contributed by atoms with E-state index in [1.807, 2.05) is 24.3 Å². The van der Waals surface area contributed by atoms with Crippen molar-refractivity contribution >= 4 is 16.9 Å². The molecule has 0 aliphatic rings.